The smallest absolute Gasteiger partial charge is 0.407 e. The third kappa shape index (κ3) is 2.61. The van der Waals surface area contributed by atoms with Gasteiger partial charge in [-0.1, -0.05) is 32.0 Å². The Hall–Kier alpha value is -1.22. The molecule has 1 saturated heterocycles. The predicted molar refractivity (Wildman–Crippen MR) is 74.2 cm³/mol. The Kier molecular flexibility index (Phi) is 4.28. The van der Waals surface area contributed by atoms with E-state index in [4.69, 9.17) is 4.74 Å². The minimum Gasteiger partial charge on any atom is -0.449 e. The van der Waals surface area contributed by atoms with Gasteiger partial charge in [-0.3, -0.25) is 0 Å². The fraction of sp³-hybridized carbons (Fsp3) is 0.500. The maximum atomic E-state index is 11.4. The van der Waals surface area contributed by atoms with Crippen molar-refractivity contribution in [1.82, 2.24) is 5.32 Å². The Labute approximate surface area is 114 Å². The van der Waals surface area contributed by atoms with Crippen molar-refractivity contribution in [1.29, 1.82) is 0 Å². The van der Waals surface area contributed by atoms with E-state index in [1.807, 2.05) is 6.07 Å². The minimum absolute atomic E-state index is 0. The number of ether oxygens (including phenoxy) is 1. The van der Waals surface area contributed by atoms with Crippen LogP contribution in [-0.4, -0.2) is 12.7 Å². The molecule has 1 atom stereocenters. The number of amides is 1. The maximum absolute atomic E-state index is 11.4. The molecule has 1 aliphatic rings. The third-order valence-corrected chi connectivity index (χ3v) is 3.58. The molecular weight excluding hydrogens is 250 g/mol. The van der Waals surface area contributed by atoms with E-state index < -0.39 is 0 Å². The van der Waals surface area contributed by atoms with Gasteiger partial charge in [0.05, 0.1) is 6.04 Å². The van der Waals surface area contributed by atoms with Gasteiger partial charge in [0.25, 0.3) is 0 Å². The Bertz CT molecular complexity index is 457. The molecule has 0 aliphatic carbocycles. The van der Waals surface area contributed by atoms with Crippen LogP contribution >= 0.6 is 12.4 Å². The standard InChI is InChI=1S/C14H19NO2.ClH/c1-9-6-5-7-11(10(9)2)12-14(3,4)8-17-13(16)15-12;/h5-7,12H,8H2,1-4H3,(H,15,16);1H/t12-;/m0./s1. The molecule has 0 saturated carbocycles. The van der Waals surface area contributed by atoms with Crippen LogP contribution in [0.15, 0.2) is 18.2 Å². The number of halogens is 1. The summed E-state index contributed by atoms with van der Waals surface area (Å²) in [7, 11) is 0. The van der Waals surface area contributed by atoms with Gasteiger partial charge in [-0.15, -0.1) is 12.4 Å². The van der Waals surface area contributed by atoms with E-state index in [1.165, 1.54) is 16.7 Å². The van der Waals surface area contributed by atoms with Crippen molar-refractivity contribution in [3.63, 3.8) is 0 Å². The Balaban J connectivity index is 0.00000162. The van der Waals surface area contributed by atoms with E-state index in [0.717, 1.165) is 0 Å². The highest BCUT2D eigenvalue weighted by Gasteiger charge is 2.38. The summed E-state index contributed by atoms with van der Waals surface area (Å²) in [6, 6.07) is 6.23. The highest BCUT2D eigenvalue weighted by Crippen LogP contribution is 2.38. The normalized spacial score (nSPS) is 21.6. The second-order valence-corrected chi connectivity index (χ2v) is 5.43. The number of alkyl carbamates (subject to hydrolysis) is 1. The zero-order valence-electron chi connectivity index (χ0n) is 11.2. The van der Waals surface area contributed by atoms with Crippen molar-refractivity contribution >= 4 is 18.5 Å². The number of benzene rings is 1. The summed E-state index contributed by atoms with van der Waals surface area (Å²) in [5.74, 6) is 0. The summed E-state index contributed by atoms with van der Waals surface area (Å²) in [5.41, 5.74) is 3.59. The van der Waals surface area contributed by atoms with Crippen LogP contribution in [0.3, 0.4) is 0 Å². The second kappa shape index (κ2) is 5.19. The van der Waals surface area contributed by atoms with Crippen LogP contribution < -0.4 is 5.32 Å². The van der Waals surface area contributed by atoms with Crippen molar-refractivity contribution in [2.45, 2.75) is 33.7 Å². The van der Waals surface area contributed by atoms with E-state index in [0.29, 0.717) is 6.61 Å². The molecule has 0 spiro atoms. The monoisotopic (exact) mass is 269 g/mol. The number of cyclic esters (lactones) is 1. The molecule has 1 aromatic rings. The molecule has 0 unspecified atom stereocenters. The molecule has 0 aromatic heterocycles. The van der Waals surface area contributed by atoms with Crippen LogP contribution in [0, 0.1) is 19.3 Å². The van der Waals surface area contributed by atoms with Crippen molar-refractivity contribution in [3.05, 3.63) is 34.9 Å². The highest BCUT2D eigenvalue weighted by atomic mass is 35.5. The topological polar surface area (TPSA) is 38.3 Å². The van der Waals surface area contributed by atoms with E-state index in [1.54, 1.807) is 0 Å². The molecule has 0 bridgehead atoms. The molecule has 1 aliphatic heterocycles. The van der Waals surface area contributed by atoms with Gasteiger partial charge in [0.2, 0.25) is 0 Å². The Morgan fingerprint density at radius 2 is 2.00 bits per heavy atom. The SMILES string of the molecule is Cc1cccc([C@@H]2NC(=O)OCC2(C)C)c1C.Cl. The van der Waals surface area contributed by atoms with Gasteiger partial charge in [-0.05, 0) is 30.5 Å². The predicted octanol–water partition coefficient (Wildman–Crippen LogP) is 3.53. The van der Waals surface area contributed by atoms with E-state index >= 15 is 0 Å². The van der Waals surface area contributed by atoms with Crippen LogP contribution in [0.4, 0.5) is 4.79 Å². The number of carbonyl (C=O) groups is 1. The minimum atomic E-state index is -0.324. The van der Waals surface area contributed by atoms with Gasteiger partial charge in [-0.25, -0.2) is 4.79 Å². The van der Waals surface area contributed by atoms with Crippen molar-refractivity contribution in [2.24, 2.45) is 5.41 Å². The number of carbonyl (C=O) groups excluding carboxylic acids is 1. The summed E-state index contributed by atoms with van der Waals surface area (Å²) in [5, 5.41) is 2.93. The summed E-state index contributed by atoms with van der Waals surface area (Å²) in [6.07, 6.45) is -0.324. The fourth-order valence-corrected chi connectivity index (χ4v) is 2.28. The van der Waals surface area contributed by atoms with E-state index in [9.17, 15) is 4.79 Å². The van der Waals surface area contributed by atoms with E-state index in [-0.39, 0.29) is 30.0 Å². The first-order chi connectivity index (χ1) is 7.92. The number of hydrogen-bond acceptors (Lipinski definition) is 2. The summed E-state index contributed by atoms with van der Waals surface area (Å²) in [4.78, 5) is 11.4. The zero-order chi connectivity index (χ0) is 12.6. The number of rotatable bonds is 1. The van der Waals surface area contributed by atoms with Crippen LogP contribution in [0.25, 0.3) is 0 Å². The van der Waals surface area contributed by atoms with Crippen LogP contribution in [-0.2, 0) is 4.74 Å². The first-order valence-electron chi connectivity index (χ1n) is 5.91. The summed E-state index contributed by atoms with van der Waals surface area (Å²) >= 11 is 0. The molecule has 1 amide bonds. The summed E-state index contributed by atoms with van der Waals surface area (Å²) < 4.78 is 5.06. The van der Waals surface area contributed by atoms with Crippen molar-refractivity contribution in [3.8, 4) is 0 Å². The molecule has 1 heterocycles. The molecule has 3 nitrogen and oxygen atoms in total. The molecule has 4 heteroatoms. The zero-order valence-corrected chi connectivity index (χ0v) is 12.1. The molecule has 2 rings (SSSR count). The molecule has 1 aromatic carbocycles. The second-order valence-electron chi connectivity index (χ2n) is 5.43. The average Bonchev–Trinajstić information content (AvgIpc) is 2.26. The lowest BCUT2D eigenvalue weighted by molar-refractivity contribution is 0.0385. The molecule has 0 radical (unpaired) electrons. The average molecular weight is 270 g/mol. The lowest BCUT2D eigenvalue weighted by atomic mass is 9.78. The Morgan fingerprint density at radius 3 is 2.67 bits per heavy atom. The van der Waals surface area contributed by atoms with Gasteiger partial charge in [0.1, 0.15) is 6.61 Å². The van der Waals surface area contributed by atoms with Crippen LogP contribution in [0.5, 0.6) is 0 Å². The van der Waals surface area contributed by atoms with Gasteiger partial charge < -0.3 is 10.1 Å². The largest absolute Gasteiger partial charge is 0.449 e. The quantitative estimate of drug-likeness (QED) is 0.847. The molecule has 1 N–H and O–H groups in total. The number of aryl methyl sites for hydroxylation is 1. The van der Waals surface area contributed by atoms with E-state index in [2.05, 4.69) is 45.1 Å². The molecule has 18 heavy (non-hydrogen) atoms. The Morgan fingerprint density at radius 1 is 1.33 bits per heavy atom. The van der Waals surface area contributed by atoms with Gasteiger partial charge >= 0.3 is 6.09 Å². The first-order valence-corrected chi connectivity index (χ1v) is 5.91. The molecule has 100 valence electrons. The van der Waals surface area contributed by atoms with Crippen molar-refractivity contribution in [2.75, 3.05) is 6.61 Å². The lowest BCUT2D eigenvalue weighted by Gasteiger charge is -2.39. The number of nitrogens with one attached hydrogen (secondary N) is 1. The molecular formula is C14H20ClNO2. The third-order valence-electron chi connectivity index (χ3n) is 3.58. The fourth-order valence-electron chi connectivity index (χ4n) is 2.28. The lowest BCUT2D eigenvalue weighted by Crippen LogP contribution is -2.47. The summed E-state index contributed by atoms with van der Waals surface area (Å²) in [6.45, 7) is 8.87. The van der Waals surface area contributed by atoms with Gasteiger partial charge in [0, 0.05) is 5.41 Å². The van der Waals surface area contributed by atoms with Gasteiger partial charge in [0.15, 0.2) is 0 Å². The van der Waals surface area contributed by atoms with Gasteiger partial charge in [-0.2, -0.15) is 0 Å². The first kappa shape index (κ1) is 14.8. The maximum Gasteiger partial charge on any atom is 0.407 e. The molecule has 1 fully saturated rings. The van der Waals surface area contributed by atoms with Crippen LogP contribution in [0.2, 0.25) is 0 Å². The number of hydrogen-bond donors (Lipinski definition) is 1. The van der Waals surface area contributed by atoms with Crippen molar-refractivity contribution < 1.29 is 9.53 Å². The van der Waals surface area contributed by atoms with Crippen LogP contribution in [0.1, 0.15) is 36.6 Å². The highest BCUT2D eigenvalue weighted by molar-refractivity contribution is 5.85.